The Balaban J connectivity index is 0. The second kappa shape index (κ2) is 11.4. The molecule has 0 rings (SSSR count). The first-order valence-corrected chi connectivity index (χ1v) is 4.58. The number of carbonyl (C=O) groups is 1. The van der Waals surface area contributed by atoms with Gasteiger partial charge in [0.15, 0.2) is 0 Å². The fourth-order valence-electron chi connectivity index (χ4n) is 0.539. The number of carbonyl (C=O) groups excluding carboxylic acids is 1. The summed E-state index contributed by atoms with van der Waals surface area (Å²) in [5, 5.41) is 1.96. The van der Waals surface area contributed by atoms with Crippen LogP contribution in [0.5, 0.6) is 0 Å². The highest BCUT2D eigenvalue weighted by Gasteiger charge is 1.81. The summed E-state index contributed by atoms with van der Waals surface area (Å²) in [6.07, 6.45) is 1.19. The van der Waals surface area contributed by atoms with Gasteiger partial charge in [-0.1, -0.05) is 6.92 Å². The van der Waals surface area contributed by atoms with Crippen molar-refractivity contribution in [3.63, 3.8) is 0 Å². The van der Waals surface area contributed by atoms with Crippen molar-refractivity contribution in [1.29, 1.82) is 0 Å². The van der Waals surface area contributed by atoms with Gasteiger partial charge in [-0.15, -0.1) is 0 Å². The van der Waals surface area contributed by atoms with Crippen LogP contribution in [0.15, 0.2) is 0 Å². The molecule has 0 atom stereocenters. The molecule has 13 heavy (non-hydrogen) atoms. The van der Waals surface area contributed by atoms with Crippen LogP contribution in [-0.4, -0.2) is 38.2 Å². The quantitative estimate of drug-likeness (QED) is 0.531. The lowest BCUT2D eigenvalue weighted by Crippen LogP contribution is -2.30. The summed E-state index contributed by atoms with van der Waals surface area (Å²) in [6.45, 7) is 6.88. The van der Waals surface area contributed by atoms with Crippen molar-refractivity contribution in [2.75, 3.05) is 27.2 Å². The predicted octanol–water partition coefficient (Wildman–Crippen LogP) is 1.03. The van der Waals surface area contributed by atoms with E-state index < -0.39 is 0 Å². The Hall–Kier alpha value is -0.610. The van der Waals surface area contributed by atoms with Gasteiger partial charge in [-0.25, -0.2) is 0 Å². The fourth-order valence-corrected chi connectivity index (χ4v) is 0.539. The van der Waals surface area contributed by atoms with E-state index in [1.54, 1.807) is 6.92 Å². The van der Waals surface area contributed by atoms with Crippen LogP contribution in [0.4, 0.5) is 0 Å². The molecule has 1 N–H and O–H groups in total. The third-order valence-corrected chi connectivity index (χ3v) is 1.03. The molecule has 4 heteroatoms. The van der Waals surface area contributed by atoms with Gasteiger partial charge in [-0.3, -0.25) is 15.2 Å². The lowest BCUT2D eigenvalue weighted by atomic mass is 10.5. The van der Waals surface area contributed by atoms with Crippen LogP contribution < -0.4 is 5.43 Å². The van der Waals surface area contributed by atoms with E-state index in [1.165, 1.54) is 13.3 Å². The Kier molecular flexibility index (Phi) is 13.0. The Bertz CT molecular complexity index is 116. The molecule has 0 amide bonds. The molecule has 0 bridgehead atoms. The molecule has 0 unspecified atom stereocenters. The van der Waals surface area contributed by atoms with E-state index >= 15 is 0 Å². The minimum absolute atomic E-state index is 0.211. The molecule has 0 spiro atoms. The SMILES string of the molecule is CCCNN(C)C.CCOC(C)=O. The van der Waals surface area contributed by atoms with Crippen LogP contribution in [-0.2, 0) is 9.53 Å². The number of hydrazine groups is 1. The first kappa shape index (κ1) is 14.9. The summed E-state index contributed by atoms with van der Waals surface area (Å²) < 4.78 is 4.40. The molecule has 0 aromatic rings. The normalized spacial score (nSPS) is 9.08. The van der Waals surface area contributed by atoms with Crippen molar-refractivity contribution in [2.45, 2.75) is 27.2 Å². The molecule has 0 aliphatic carbocycles. The van der Waals surface area contributed by atoms with Gasteiger partial charge in [0, 0.05) is 27.6 Å². The number of esters is 1. The molecule has 0 saturated carbocycles. The molecular formula is C9H22N2O2. The van der Waals surface area contributed by atoms with Gasteiger partial charge in [0.05, 0.1) is 6.61 Å². The largest absolute Gasteiger partial charge is 0.466 e. The Morgan fingerprint density at radius 1 is 1.38 bits per heavy atom. The van der Waals surface area contributed by atoms with Gasteiger partial charge in [0.25, 0.3) is 0 Å². The summed E-state index contributed by atoms with van der Waals surface area (Å²) in [4.78, 5) is 9.82. The maximum Gasteiger partial charge on any atom is 0.302 e. The van der Waals surface area contributed by atoms with Crippen molar-refractivity contribution in [3.8, 4) is 0 Å². The van der Waals surface area contributed by atoms with Crippen molar-refractivity contribution in [2.24, 2.45) is 0 Å². The fraction of sp³-hybridized carbons (Fsp3) is 0.889. The van der Waals surface area contributed by atoms with Gasteiger partial charge >= 0.3 is 5.97 Å². The maximum absolute atomic E-state index is 9.82. The molecule has 0 aliphatic rings. The van der Waals surface area contributed by atoms with E-state index in [9.17, 15) is 4.79 Å². The third kappa shape index (κ3) is 24.6. The smallest absolute Gasteiger partial charge is 0.302 e. The Labute approximate surface area is 81.2 Å². The van der Waals surface area contributed by atoms with Crippen LogP contribution in [0.2, 0.25) is 0 Å². The monoisotopic (exact) mass is 190 g/mol. The summed E-state index contributed by atoms with van der Waals surface area (Å²) >= 11 is 0. The number of ether oxygens (including phenoxy) is 1. The minimum Gasteiger partial charge on any atom is -0.466 e. The van der Waals surface area contributed by atoms with E-state index in [0.29, 0.717) is 6.61 Å². The lowest BCUT2D eigenvalue weighted by molar-refractivity contribution is -0.140. The van der Waals surface area contributed by atoms with Crippen LogP contribution >= 0.6 is 0 Å². The average molecular weight is 190 g/mol. The third-order valence-electron chi connectivity index (χ3n) is 1.03. The molecule has 4 nitrogen and oxygen atoms in total. The first-order valence-electron chi connectivity index (χ1n) is 4.58. The van der Waals surface area contributed by atoms with Crippen LogP contribution in [0.1, 0.15) is 27.2 Å². The van der Waals surface area contributed by atoms with E-state index in [-0.39, 0.29) is 5.97 Å². The molecule has 0 radical (unpaired) electrons. The average Bonchev–Trinajstić information content (AvgIpc) is 2.01. The molecule has 0 aliphatic heterocycles. The standard InChI is InChI=1S/C5H14N2.C4H8O2/c1-4-5-6-7(2)3;1-3-6-4(2)5/h6H,4-5H2,1-3H3;3H2,1-2H3. The van der Waals surface area contributed by atoms with Crippen molar-refractivity contribution < 1.29 is 9.53 Å². The topological polar surface area (TPSA) is 41.6 Å². The summed E-state index contributed by atoms with van der Waals surface area (Å²) in [5.41, 5.74) is 3.13. The Morgan fingerprint density at radius 2 is 1.92 bits per heavy atom. The van der Waals surface area contributed by atoms with Gasteiger partial charge in [-0.05, 0) is 13.3 Å². The van der Waals surface area contributed by atoms with E-state index in [0.717, 1.165) is 6.54 Å². The molecule has 0 saturated heterocycles. The van der Waals surface area contributed by atoms with E-state index in [4.69, 9.17) is 0 Å². The van der Waals surface area contributed by atoms with Crippen molar-refractivity contribution >= 4 is 5.97 Å². The van der Waals surface area contributed by atoms with Crippen molar-refractivity contribution in [1.82, 2.24) is 10.4 Å². The second-order valence-electron chi connectivity index (χ2n) is 2.73. The number of nitrogens with one attached hydrogen (secondary N) is 1. The second-order valence-corrected chi connectivity index (χ2v) is 2.73. The van der Waals surface area contributed by atoms with E-state index in [1.807, 2.05) is 19.1 Å². The van der Waals surface area contributed by atoms with Gasteiger partial charge in [-0.2, -0.15) is 0 Å². The molecule has 0 aromatic heterocycles. The number of hydrogen-bond donors (Lipinski definition) is 1. The zero-order valence-corrected chi connectivity index (χ0v) is 9.39. The van der Waals surface area contributed by atoms with Gasteiger partial charge in [0.1, 0.15) is 0 Å². The number of rotatable bonds is 4. The molecule has 0 aromatic carbocycles. The molecule has 80 valence electrons. The zero-order valence-electron chi connectivity index (χ0n) is 9.39. The van der Waals surface area contributed by atoms with Gasteiger partial charge < -0.3 is 4.74 Å². The summed E-state index contributed by atoms with van der Waals surface area (Å²) in [7, 11) is 3.99. The van der Waals surface area contributed by atoms with Crippen LogP contribution in [0, 0.1) is 0 Å². The zero-order chi connectivity index (χ0) is 10.7. The maximum atomic E-state index is 9.82. The summed E-state index contributed by atoms with van der Waals surface area (Å²) in [6, 6.07) is 0. The van der Waals surface area contributed by atoms with E-state index in [2.05, 4.69) is 17.1 Å². The number of nitrogens with zero attached hydrogens (tertiary/aromatic N) is 1. The minimum atomic E-state index is -0.211. The van der Waals surface area contributed by atoms with Crippen LogP contribution in [0.3, 0.4) is 0 Å². The lowest BCUT2D eigenvalue weighted by Gasteiger charge is -2.08. The number of hydrogen-bond acceptors (Lipinski definition) is 4. The molecule has 0 fully saturated rings. The summed E-state index contributed by atoms with van der Waals surface area (Å²) in [5.74, 6) is -0.211. The van der Waals surface area contributed by atoms with Gasteiger partial charge in [0.2, 0.25) is 0 Å². The first-order chi connectivity index (χ1) is 6.04. The highest BCUT2D eigenvalue weighted by atomic mass is 16.5. The molecular weight excluding hydrogens is 168 g/mol. The van der Waals surface area contributed by atoms with Crippen LogP contribution in [0.25, 0.3) is 0 Å². The molecule has 0 heterocycles. The highest BCUT2D eigenvalue weighted by Crippen LogP contribution is 1.69. The Morgan fingerprint density at radius 3 is 2.00 bits per heavy atom. The predicted molar refractivity (Wildman–Crippen MR) is 54.3 cm³/mol. The highest BCUT2D eigenvalue weighted by molar-refractivity contribution is 5.65. The van der Waals surface area contributed by atoms with Crippen molar-refractivity contribution in [3.05, 3.63) is 0 Å².